The number of unbranched alkanes of at least 4 members (excludes halogenated alkanes) is 1. The van der Waals surface area contributed by atoms with Crippen LogP contribution >= 0.6 is 11.8 Å². The Morgan fingerprint density at radius 1 is 0.889 bits per heavy atom. The average Bonchev–Trinajstić information content (AvgIpc) is 3.31. The number of methoxy groups -OCH3 is 1. The highest BCUT2D eigenvalue weighted by molar-refractivity contribution is 7.99. The molecule has 0 radical (unpaired) electrons. The van der Waals surface area contributed by atoms with Gasteiger partial charge in [0, 0.05) is 30.8 Å². The van der Waals surface area contributed by atoms with Gasteiger partial charge in [-0.2, -0.15) is 0 Å². The van der Waals surface area contributed by atoms with E-state index < -0.39 is 0 Å². The fourth-order valence-corrected chi connectivity index (χ4v) is 4.88. The molecule has 0 saturated carbocycles. The second-order valence-electron chi connectivity index (χ2n) is 8.49. The first kappa shape index (κ1) is 25.5. The summed E-state index contributed by atoms with van der Waals surface area (Å²) >= 11 is 1.68. The predicted octanol–water partition coefficient (Wildman–Crippen LogP) is 5.49. The minimum atomic E-state index is 0.113. The van der Waals surface area contributed by atoms with E-state index in [1.54, 1.807) is 18.9 Å². The topological polar surface area (TPSA) is 69.0 Å². The molecule has 4 rings (SSSR count). The van der Waals surface area contributed by atoms with E-state index >= 15 is 0 Å². The monoisotopic (exact) mass is 500 g/mol. The van der Waals surface area contributed by atoms with Crippen LogP contribution in [0.3, 0.4) is 0 Å². The van der Waals surface area contributed by atoms with Gasteiger partial charge < -0.3 is 10.1 Å². The molecule has 0 unspecified atom stereocenters. The largest absolute Gasteiger partial charge is 0.497 e. The summed E-state index contributed by atoms with van der Waals surface area (Å²) in [4.78, 5) is 12.2. The van der Waals surface area contributed by atoms with Crippen LogP contribution in [0.1, 0.15) is 36.2 Å². The van der Waals surface area contributed by atoms with Gasteiger partial charge in [0.2, 0.25) is 5.91 Å². The molecule has 0 aliphatic heterocycles. The van der Waals surface area contributed by atoms with Crippen LogP contribution in [0.5, 0.6) is 5.75 Å². The number of rotatable bonds is 13. The summed E-state index contributed by atoms with van der Waals surface area (Å²) in [5, 5.41) is 12.9. The van der Waals surface area contributed by atoms with Crippen molar-refractivity contribution >= 4 is 17.7 Å². The van der Waals surface area contributed by atoms with Crippen LogP contribution in [0, 0.1) is 0 Å². The van der Waals surface area contributed by atoms with Gasteiger partial charge in [0.25, 0.3) is 0 Å². The summed E-state index contributed by atoms with van der Waals surface area (Å²) in [7, 11) is 1.67. The van der Waals surface area contributed by atoms with Crippen LogP contribution in [0.2, 0.25) is 0 Å². The fourth-order valence-electron chi connectivity index (χ4n) is 3.91. The average molecular weight is 501 g/mol. The molecule has 7 heteroatoms. The Bertz CT molecular complexity index is 1210. The van der Waals surface area contributed by atoms with Crippen LogP contribution < -0.4 is 10.1 Å². The maximum absolute atomic E-state index is 12.2. The molecule has 36 heavy (non-hydrogen) atoms. The number of nitrogens with one attached hydrogen (secondary N) is 1. The van der Waals surface area contributed by atoms with Crippen molar-refractivity contribution in [1.29, 1.82) is 0 Å². The van der Waals surface area contributed by atoms with Gasteiger partial charge in [0.1, 0.15) is 11.6 Å². The summed E-state index contributed by atoms with van der Waals surface area (Å²) in [6.07, 6.45) is 3.87. The van der Waals surface area contributed by atoms with E-state index in [2.05, 4.69) is 44.3 Å². The van der Waals surface area contributed by atoms with E-state index in [1.807, 2.05) is 60.7 Å². The van der Waals surface area contributed by atoms with Crippen molar-refractivity contribution in [2.45, 2.75) is 37.3 Å². The van der Waals surface area contributed by atoms with E-state index in [9.17, 15) is 4.79 Å². The van der Waals surface area contributed by atoms with E-state index in [1.165, 1.54) is 11.1 Å². The summed E-state index contributed by atoms with van der Waals surface area (Å²) in [6.45, 7) is 0.673. The smallest absolute Gasteiger partial charge is 0.220 e. The number of aromatic nitrogens is 3. The molecule has 0 aliphatic carbocycles. The number of hydrogen-bond donors (Lipinski definition) is 1. The molecule has 6 nitrogen and oxygen atoms in total. The molecule has 0 saturated heterocycles. The van der Waals surface area contributed by atoms with Gasteiger partial charge in [-0.15, -0.1) is 10.2 Å². The predicted molar refractivity (Wildman–Crippen MR) is 145 cm³/mol. The number of carbonyl (C=O) groups excluding carboxylic acids is 1. The van der Waals surface area contributed by atoms with Crippen molar-refractivity contribution in [2.24, 2.45) is 0 Å². The Kier molecular flexibility index (Phi) is 9.56. The van der Waals surface area contributed by atoms with Crippen molar-refractivity contribution in [3.05, 3.63) is 102 Å². The summed E-state index contributed by atoms with van der Waals surface area (Å²) in [6, 6.07) is 28.5. The van der Waals surface area contributed by atoms with Gasteiger partial charge in [-0.1, -0.05) is 72.4 Å². The van der Waals surface area contributed by atoms with E-state index in [0.717, 1.165) is 47.4 Å². The molecule has 1 heterocycles. The molecule has 1 aromatic heterocycles. The number of carbonyl (C=O) groups is 1. The molecule has 0 aliphatic rings. The van der Waals surface area contributed by atoms with Crippen molar-refractivity contribution < 1.29 is 9.53 Å². The highest BCUT2D eigenvalue weighted by atomic mass is 32.2. The number of thioether (sulfide) groups is 1. The van der Waals surface area contributed by atoms with Crippen molar-refractivity contribution in [1.82, 2.24) is 20.1 Å². The van der Waals surface area contributed by atoms with E-state index in [4.69, 9.17) is 4.74 Å². The van der Waals surface area contributed by atoms with Crippen LogP contribution in [-0.4, -0.2) is 40.1 Å². The zero-order valence-electron chi connectivity index (χ0n) is 20.6. The number of amides is 1. The zero-order valence-corrected chi connectivity index (χ0v) is 21.4. The number of hydrogen-bond acceptors (Lipinski definition) is 5. The zero-order chi connectivity index (χ0) is 25.0. The Balaban J connectivity index is 1.30. The molecular formula is C29H32N4O2S. The highest BCUT2D eigenvalue weighted by Crippen LogP contribution is 2.26. The minimum absolute atomic E-state index is 0.113. The Morgan fingerprint density at radius 2 is 1.58 bits per heavy atom. The Labute approximate surface area is 217 Å². The third-order valence-corrected chi connectivity index (χ3v) is 6.86. The second kappa shape index (κ2) is 13.5. The molecule has 0 atom stereocenters. The highest BCUT2D eigenvalue weighted by Gasteiger charge is 2.15. The normalized spacial score (nSPS) is 10.8. The van der Waals surface area contributed by atoms with Crippen molar-refractivity contribution in [3.8, 4) is 11.4 Å². The lowest BCUT2D eigenvalue weighted by atomic mass is 10.1. The lowest BCUT2D eigenvalue weighted by Gasteiger charge is -2.11. The third-order valence-electron chi connectivity index (χ3n) is 5.84. The standard InChI is InChI=1S/C29H32N4O2S/c1-35-26-17-15-25(16-18-26)33-27(22-24-12-6-3-7-13-24)31-32-29(33)36-21-9-8-14-28(34)30-20-19-23-10-4-2-5-11-23/h2-7,10-13,15-18H,8-9,14,19-22H2,1H3,(H,30,34). The van der Waals surface area contributed by atoms with Crippen LogP contribution in [0.25, 0.3) is 5.69 Å². The number of nitrogens with zero attached hydrogens (tertiary/aromatic N) is 3. The minimum Gasteiger partial charge on any atom is -0.497 e. The molecule has 186 valence electrons. The number of ether oxygens (including phenoxy) is 1. The van der Waals surface area contributed by atoms with Crippen LogP contribution in [-0.2, 0) is 17.6 Å². The van der Waals surface area contributed by atoms with Crippen LogP contribution in [0.4, 0.5) is 0 Å². The van der Waals surface area contributed by atoms with Gasteiger partial charge >= 0.3 is 0 Å². The van der Waals surface area contributed by atoms with Crippen LogP contribution in [0.15, 0.2) is 90.1 Å². The molecule has 0 spiro atoms. The van der Waals surface area contributed by atoms with Gasteiger partial charge in [0.15, 0.2) is 5.16 Å². The van der Waals surface area contributed by atoms with Crippen molar-refractivity contribution in [2.75, 3.05) is 19.4 Å². The Morgan fingerprint density at radius 3 is 2.28 bits per heavy atom. The maximum atomic E-state index is 12.2. The van der Waals surface area contributed by atoms with Gasteiger partial charge in [0.05, 0.1) is 7.11 Å². The summed E-state index contributed by atoms with van der Waals surface area (Å²) < 4.78 is 7.44. The second-order valence-corrected chi connectivity index (χ2v) is 9.55. The van der Waals surface area contributed by atoms with E-state index in [-0.39, 0.29) is 5.91 Å². The van der Waals surface area contributed by atoms with Gasteiger partial charge in [-0.05, 0) is 54.7 Å². The SMILES string of the molecule is COc1ccc(-n2c(Cc3ccccc3)nnc2SCCCCC(=O)NCCc2ccccc2)cc1. The third kappa shape index (κ3) is 7.46. The van der Waals surface area contributed by atoms with Gasteiger partial charge in [-0.3, -0.25) is 9.36 Å². The lowest BCUT2D eigenvalue weighted by Crippen LogP contribution is -2.25. The summed E-state index contributed by atoms with van der Waals surface area (Å²) in [5.41, 5.74) is 3.43. The summed E-state index contributed by atoms with van der Waals surface area (Å²) in [5.74, 6) is 2.69. The molecule has 1 amide bonds. The van der Waals surface area contributed by atoms with Crippen molar-refractivity contribution in [3.63, 3.8) is 0 Å². The first-order valence-corrected chi connectivity index (χ1v) is 13.3. The molecule has 0 fully saturated rings. The first-order valence-electron chi connectivity index (χ1n) is 12.3. The lowest BCUT2D eigenvalue weighted by molar-refractivity contribution is -0.121. The molecule has 3 aromatic carbocycles. The maximum Gasteiger partial charge on any atom is 0.220 e. The molecule has 1 N–H and O–H groups in total. The fraction of sp³-hybridized carbons (Fsp3) is 0.276. The quantitative estimate of drug-likeness (QED) is 0.194. The van der Waals surface area contributed by atoms with Gasteiger partial charge in [-0.25, -0.2) is 0 Å². The molecule has 0 bridgehead atoms. The first-order chi connectivity index (χ1) is 17.7. The van der Waals surface area contributed by atoms with E-state index in [0.29, 0.717) is 19.4 Å². The Hall–Kier alpha value is -3.58. The number of benzene rings is 3. The molecule has 4 aromatic rings. The molecular weight excluding hydrogens is 468 g/mol.